The highest BCUT2D eigenvalue weighted by Gasteiger charge is 2.17. The van der Waals surface area contributed by atoms with Gasteiger partial charge in [-0.05, 0) is 37.3 Å². The van der Waals surface area contributed by atoms with E-state index >= 15 is 0 Å². The Kier molecular flexibility index (Phi) is 4.74. The fraction of sp³-hybridized carbons (Fsp3) is 0.143. The Morgan fingerprint density at radius 3 is 2.35 bits per heavy atom. The van der Waals surface area contributed by atoms with E-state index in [-0.39, 0.29) is 10.0 Å². The summed E-state index contributed by atoms with van der Waals surface area (Å²) in [4.78, 5) is 0. The summed E-state index contributed by atoms with van der Waals surface area (Å²) in [5, 5.41) is 3.55. The van der Waals surface area contributed by atoms with Crippen LogP contribution in [0.3, 0.4) is 0 Å². The first-order valence-electron chi connectivity index (χ1n) is 5.75. The summed E-state index contributed by atoms with van der Waals surface area (Å²) < 4.78 is 26.5. The molecule has 0 amide bonds. The van der Waals surface area contributed by atoms with Crippen molar-refractivity contribution in [3.8, 4) is 0 Å². The van der Waals surface area contributed by atoms with E-state index in [0.717, 1.165) is 0 Å². The predicted octanol–water partition coefficient (Wildman–Crippen LogP) is 6.10. The molecule has 20 heavy (non-hydrogen) atoms. The molecule has 0 fully saturated rings. The minimum absolute atomic E-state index is 0.0456. The van der Waals surface area contributed by atoms with Gasteiger partial charge in [0.25, 0.3) is 0 Å². The second kappa shape index (κ2) is 6.17. The minimum atomic E-state index is -0.551. The van der Waals surface area contributed by atoms with Crippen LogP contribution in [0.15, 0.2) is 30.3 Å². The quantitative estimate of drug-likeness (QED) is 0.668. The Bertz CT molecular complexity index is 647. The molecule has 0 aliphatic rings. The zero-order valence-electron chi connectivity index (χ0n) is 10.4. The van der Waals surface area contributed by atoms with Crippen molar-refractivity contribution in [3.63, 3.8) is 0 Å². The van der Waals surface area contributed by atoms with Gasteiger partial charge in [-0.25, -0.2) is 8.78 Å². The van der Waals surface area contributed by atoms with Gasteiger partial charge < -0.3 is 5.32 Å². The Labute approximate surface area is 130 Å². The van der Waals surface area contributed by atoms with Gasteiger partial charge in [0.05, 0.1) is 21.8 Å². The van der Waals surface area contributed by atoms with E-state index in [1.807, 2.05) is 0 Å². The van der Waals surface area contributed by atoms with Crippen LogP contribution in [0, 0.1) is 11.6 Å². The van der Waals surface area contributed by atoms with Crippen LogP contribution in [-0.4, -0.2) is 0 Å². The molecule has 0 spiro atoms. The average Bonchev–Trinajstić information content (AvgIpc) is 2.38. The van der Waals surface area contributed by atoms with Crippen molar-refractivity contribution < 1.29 is 8.78 Å². The van der Waals surface area contributed by atoms with Crippen LogP contribution in [0.25, 0.3) is 0 Å². The Balaban J connectivity index is 2.33. The number of nitrogens with one attached hydrogen (secondary N) is 1. The molecular formula is C14H10Cl3F2N. The number of benzene rings is 2. The number of rotatable bonds is 3. The summed E-state index contributed by atoms with van der Waals surface area (Å²) in [6.45, 7) is 1.76. The first kappa shape index (κ1) is 15.4. The lowest BCUT2D eigenvalue weighted by molar-refractivity contribution is 0.624. The third-order valence-corrected chi connectivity index (χ3v) is 3.84. The molecule has 0 bridgehead atoms. The standard InChI is InChI=1S/C14H10Cl3F2N/c1-7(13-9(15)3-4-11(19)14(13)17)20-12-5-2-8(18)6-10(12)16/h2-7,20H,1H3. The number of halogens is 5. The fourth-order valence-corrected chi connectivity index (χ4v) is 2.77. The van der Waals surface area contributed by atoms with E-state index in [4.69, 9.17) is 34.8 Å². The minimum Gasteiger partial charge on any atom is -0.377 e. The van der Waals surface area contributed by atoms with Crippen molar-refractivity contribution in [2.24, 2.45) is 0 Å². The third-order valence-electron chi connectivity index (χ3n) is 2.82. The lowest BCUT2D eigenvalue weighted by Gasteiger charge is -2.19. The number of anilines is 1. The molecule has 1 nitrogen and oxygen atoms in total. The zero-order chi connectivity index (χ0) is 14.9. The van der Waals surface area contributed by atoms with Crippen LogP contribution in [0.2, 0.25) is 15.1 Å². The first-order valence-corrected chi connectivity index (χ1v) is 6.88. The molecule has 0 saturated heterocycles. The topological polar surface area (TPSA) is 12.0 Å². The number of hydrogen-bond acceptors (Lipinski definition) is 1. The van der Waals surface area contributed by atoms with Crippen LogP contribution in [-0.2, 0) is 0 Å². The molecule has 6 heteroatoms. The molecule has 0 heterocycles. The van der Waals surface area contributed by atoms with E-state index < -0.39 is 17.7 Å². The molecule has 1 atom stereocenters. The van der Waals surface area contributed by atoms with E-state index in [1.54, 1.807) is 6.92 Å². The Hall–Kier alpha value is -1.03. The molecule has 2 aromatic carbocycles. The van der Waals surface area contributed by atoms with Crippen molar-refractivity contribution in [2.75, 3.05) is 5.32 Å². The smallest absolute Gasteiger partial charge is 0.142 e. The van der Waals surface area contributed by atoms with Crippen LogP contribution < -0.4 is 5.32 Å². The molecule has 106 valence electrons. The maximum Gasteiger partial charge on any atom is 0.142 e. The fourth-order valence-electron chi connectivity index (χ4n) is 1.85. The molecule has 1 unspecified atom stereocenters. The predicted molar refractivity (Wildman–Crippen MR) is 79.9 cm³/mol. The van der Waals surface area contributed by atoms with Gasteiger partial charge in [0.2, 0.25) is 0 Å². The summed E-state index contributed by atoms with van der Waals surface area (Å²) >= 11 is 17.9. The molecule has 0 aliphatic heterocycles. The first-order chi connectivity index (χ1) is 9.40. The van der Waals surface area contributed by atoms with Crippen molar-refractivity contribution in [2.45, 2.75) is 13.0 Å². The van der Waals surface area contributed by atoms with Gasteiger partial charge in [-0.2, -0.15) is 0 Å². The average molecular weight is 337 g/mol. The molecule has 1 N–H and O–H groups in total. The van der Waals surface area contributed by atoms with E-state index in [0.29, 0.717) is 16.3 Å². The van der Waals surface area contributed by atoms with Gasteiger partial charge in [0, 0.05) is 10.6 Å². The summed E-state index contributed by atoms with van der Waals surface area (Å²) in [7, 11) is 0. The highest BCUT2D eigenvalue weighted by atomic mass is 35.5. The zero-order valence-corrected chi connectivity index (χ0v) is 12.6. The van der Waals surface area contributed by atoms with Crippen molar-refractivity contribution in [1.82, 2.24) is 0 Å². The Morgan fingerprint density at radius 2 is 1.70 bits per heavy atom. The largest absolute Gasteiger partial charge is 0.377 e. The van der Waals surface area contributed by atoms with Gasteiger partial charge in [0.15, 0.2) is 0 Å². The molecule has 0 radical (unpaired) electrons. The normalized spacial score (nSPS) is 12.3. The molecule has 2 aromatic rings. The molecular weight excluding hydrogens is 327 g/mol. The maximum atomic E-state index is 13.5. The molecule has 2 rings (SSSR count). The summed E-state index contributed by atoms with van der Waals surface area (Å²) in [5.41, 5.74) is 0.936. The summed E-state index contributed by atoms with van der Waals surface area (Å²) in [5.74, 6) is -0.986. The molecule has 0 saturated carbocycles. The van der Waals surface area contributed by atoms with Crippen LogP contribution in [0.5, 0.6) is 0 Å². The number of hydrogen-bond donors (Lipinski definition) is 1. The van der Waals surface area contributed by atoms with Gasteiger partial charge in [0.1, 0.15) is 11.6 Å². The van der Waals surface area contributed by atoms with Crippen LogP contribution in [0.1, 0.15) is 18.5 Å². The van der Waals surface area contributed by atoms with E-state index in [2.05, 4.69) is 5.32 Å². The van der Waals surface area contributed by atoms with Gasteiger partial charge in [-0.15, -0.1) is 0 Å². The molecule has 0 aromatic heterocycles. The maximum absolute atomic E-state index is 13.5. The second-order valence-corrected chi connectivity index (χ2v) is 5.44. The van der Waals surface area contributed by atoms with Gasteiger partial charge in [-0.3, -0.25) is 0 Å². The van der Waals surface area contributed by atoms with Crippen LogP contribution in [0.4, 0.5) is 14.5 Å². The van der Waals surface area contributed by atoms with Gasteiger partial charge in [-0.1, -0.05) is 34.8 Å². The second-order valence-electron chi connectivity index (χ2n) is 4.25. The SMILES string of the molecule is CC(Nc1ccc(F)cc1Cl)c1c(Cl)ccc(F)c1Cl. The summed E-state index contributed by atoms with van der Waals surface area (Å²) in [6, 6.07) is 6.19. The summed E-state index contributed by atoms with van der Waals surface area (Å²) in [6.07, 6.45) is 0. The Morgan fingerprint density at radius 1 is 1.00 bits per heavy atom. The lowest BCUT2D eigenvalue weighted by Crippen LogP contribution is -2.09. The van der Waals surface area contributed by atoms with Crippen LogP contribution >= 0.6 is 34.8 Å². The van der Waals surface area contributed by atoms with E-state index in [1.165, 1.54) is 30.3 Å². The monoisotopic (exact) mass is 335 g/mol. The third kappa shape index (κ3) is 3.17. The van der Waals surface area contributed by atoms with Crippen molar-refractivity contribution >= 4 is 40.5 Å². The van der Waals surface area contributed by atoms with Gasteiger partial charge >= 0.3 is 0 Å². The highest BCUT2D eigenvalue weighted by molar-refractivity contribution is 6.36. The van der Waals surface area contributed by atoms with Crippen molar-refractivity contribution in [3.05, 3.63) is 62.6 Å². The van der Waals surface area contributed by atoms with E-state index in [9.17, 15) is 8.78 Å². The molecule has 0 aliphatic carbocycles. The van der Waals surface area contributed by atoms with Crippen molar-refractivity contribution in [1.29, 1.82) is 0 Å². The highest BCUT2D eigenvalue weighted by Crippen LogP contribution is 2.35. The lowest BCUT2D eigenvalue weighted by atomic mass is 10.1.